The Hall–Kier alpha value is -2.73. The molecule has 0 bridgehead atoms. The minimum absolute atomic E-state index is 0.283. The number of halogens is 1. The average molecular weight is 407 g/mol. The van der Waals surface area contributed by atoms with Crippen LogP contribution in [0.4, 0.5) is 10.2 Å². The molecule has 2 aliphatic heterocycles. The number of nitrogens with one attached hydrogen (secondary N) is 1. The Kier molecular flexibility index (Phi) is 5.03. The molecule has 6 heteroatoms. The molecule has 0 aliphatic carbocycles. The zero-order chi connectivity index (χ0) is 20.7. The molecule has 0 atom stereocenters. The third-order valence-corrected chi connectivity index (χ3v) is 6.66. The number of aldehydes is 1. The molecule has 4 heterocycles. The molecule has 0 spiro atoms. The monoisotopic (exact) mass is 406 g/mol. The number of fused-ring (bicyclic) bond motifs is 3. The van der Waals surface area contributed by atoms with Crippen molar-refractivity contribution in [3.63, 3.8) is 0 Å². The molecular weight excluding hydrogens is 379 g/mol. The molecule has 0 unspecified atom stereocenters. The number of aromatic amines is 1. The van der Waals surface area contributed by atoms with E-state index >= 15 is 0 Å². The zero-order valence-corrected chi connectivity index (χ0v) is 17.3. The van der Waals surface area contributed by atoms with Gasteiger partial charge in [-0.1, -0.05) is 12.1 Å². The van der Waals surface area contributed by atoms with E-state index in [1.54, 1.807) is 12.3 Å². The molecule has 2 aromatic heterocycles. The van der Waals surface area contributed by atoms with E-state index in [1.165, 1.54) is 16.6 Å². The van der Waals surface area contributed by atoms with Crippen molar-refractivity contribution in [3.8, 4) is 11.1 Å². The Morgan fingerprint density at radius 3 is 2.80 bits per heavy atom. The maximum atomic E-state index is 14.9. The van der Waals surface area contributed by atoms with E-state index in [4.69, 9.17) is 0 Å². The highest BCUT2D eigenvalue weighted by Gasteiger charge is 2.23. The fourth-order valence-electron chi connectivity index (χ4n) is 4.90. The van der Waals surface area contributed by atoms with Gasteiger partial charge in [-0.2, -0.15) is 0 Å². The maximum Gasteiger partial charge on any atom is 0.166 e. The molecular formula is C24H27FN4O. The van der Waals surface area contributed by atoms with E-state index in [0.29, 0.717) is 18.2 Å². The number of hydrogen-bond acceptors (Lipinski definition) is 4. The van der Waals surface area contributed by atoms with Crippen LogP contribution in [-0.2, 0) is 17.8 Å². The zero-order valence-electron chi connectivity index (χ0n) is 17.3. The first-order chi connectivity index (χ1) is 14.6. The van der Waals surface area contributed by atoms with Gasteiger partial charge in [-0.25, -0.2) is 9.37 Å². The summed E-state index contributed by atoms with van der Waals surface area (Å²) in [6.45, 7) is 3.50. The van der Waals surface area contributed by atoms with Crippen LogP contribution in [-0.4, -0.2) is 47.8 Å². The van der Waals surface area contributed by atoms with E-state index in [9.17, 15) is 9.18 Å². The second-order valence-electron chi connectivity index (χ2n) is 8.69. The number of nitrogens with zero attached hydrogens (tertiary/aromatic N) is 3. The number of pyridine rings is 1. The second-order valence-corrected chi connectivity index (χ2v) is 8.69. The van der Waals surface area contributed by atoms with Gasteiger partial charge in [-0.15, -0.1) is 0 Å². The Morgan fingerprint density at radius 2 is 2.03 bits per heavy atom. The van der Waals surface area contributed by atoms with E-state index in [-0.39, 0.29) is 5.82 Å². The molecule has 3 aromatic rings. The Balaban J connectivity index is 1.39. The normalized spacial score (nSPS) is 18.0. The highest BCUT2D eigenvalue weighted by Crippen LogP contribution is 2.32. The summed E-state index contributed by atoms with van der Waals surface area (Å²) in [6.07, 6.45) is 6.23. The number of hydrogen-bond donors (Lipinski definition) is 1. The number of benzene rings is 1. The van der Waals surface area contributed by atoms with Crippen molar-refractivity contribution in [3.05, 3.63) is 47.5 Å². The molecule has 0 saturated carbocycles. The summed E-state index contributed by atoms with van der Waals surface area (Å²) in [4.78, 5) is 23.1. The summed E-state index contributed by atoms with van der Waals surface area (Å²) < 4.78 is 14.9. The number of carbonyl (C=O) groups excluding carboxylic acids is 1. The number of carbonyl (C=O) groups is 1. The molecule has 30 heavy (non-hydrogen) atoms. The van der Waals surface area contributed by atoms with Crippen molar-refractivity contribution in [2.45, 2.75) is 32.2 Å². The van der Waals surface area contributed by atoms with Crippen LogP contribution in [0.1, 0.15) is 30.5 Å². The lowest BCUT2D eigenvalue weighted by Gasteiger charge is -2.32. The largest absolute Gasteiger partial charge is 0.357 e. The number of anilines is 1. The van der Waals surface area contributed by atoms with Crippen LogP contribution < -0.4 is 4.90 Å². The van der Waals surface area contributed by atoms with Gasteiger partial charge in [0.2, 0.25) is 0 Å². The first-order valence-corrected chi connectivity index (χ1v) is 10.8. The van der Waals surface area contributed by atoms with Gasteiger partial charge in [0.05, 0.1) is 0 Å². The number of piperidine rings is 1. The first-order valence-electron chi connectivity index (χ1n) is 10.8. The third kappa shape index (κ3) is 3.49. The van der Waals surface area contributed by atoms with Crippen LogP contribution in [0.15, 0.2) is 30.5 Å². The van der Waals surface area contributed by atoms with Crippen molar-refractivity contribution in [1.82, 2.24) is 14.9 Å². The van der Waals surface area contributed by atoms with Gasteiger partial charge in [-0.3, -0.25) is 0 Å². The number of aromatic nitrogens is 2. The second kappa shape index (κ2) is 7.84. The molecule has 5 nitrogen and oxygen atoms in total. The van der Waals surface area contributed by atoms with Crippen molar-refractivity contribution >= 4 is 23.0 Å². The first kappa shape index (κ1) is 19.2. The molecule has 1 aromatic carbocycles. The number of H-pyrrole nitrogens is 1. The molecule has 0 radical (unpaired) electrons. The van der Waals surface area contributed by atoms with Crippen molar-refractivity contribution in [2.75, 3.05) is 31.6 Å². The van der Waals surface area contributed by atoms with Crippen LogP contribution in [0, 0.1) is 11.7 Å². The fourth-order valence-corrected chi connectivity index (χ4v) is 4.90. The summed E-state index contributed by atoms with van der Waals surface area (Å²) >= 11 is 0. The minimum atomic E-state index is -0.283. The lowest BCUT2D eigenvalue weighted by molar-refractivity contribution is -0.108. The summed E-state index contributed by atoms with van der Waals surface area (Å²) in [6, 6.07) is 7.91. The summed E-state index contributed by atoms with van der Waals surface area (Å²) in [7, 11) is 2.14. The summed E-state index contributed by atoms with van der Waals surface area (Å²) in [5, 5.41) is 1.27. The predicted octanol–water partition coefficient (Wildman–Crippen LogP) is 4.16. The quantitative estimate of drug-likeness (QED) is 0.661. The molecule has 1 saturated heterocycles. The number of rotatable bonds is 4. The lowest BCUT2D eigenvalue weighted by Crippen LogP contribution is -2.35. The molecule has 156 valence electrons. The van der Waals surface area contributed by atoms with Crippen LogP contribution in [0.2, 0.25) is 0 Å². The molecule has 5 rings (SSSR count). The summed E-state index contributed by atoms with van der Waals surface area (Å²) in [5.74, 6) is 0.552. The molecule has 1 fully saturated rings. The van der Waals surface area contributed by atoms with Crippen LogP contribution >= 0.6 is 0 Å². The smallest absolute Gasteiger partial charge is 0.166 e. The maximum absolute atomic E-state index is 14.9. The Morgan fingerprint density at radius 1 is 1.20 bits per heavy atom. The Bertz CT molecular complexity index is 1080. The number of likely N-dealkylation sites (N-methyl/N-ethyl adjacent to an activating group) is 1. The van der Waals surface area contributed by atoms with Crippen LogP contribution in [0.3, 0.4) is 0 Å². The topological polar surface area (TPSA) is 52.2 Å². The fraction of sp³-hybridized carbons (Fsp3) is 0.417. The van der Waals surface area contributed by atoms with E-state index in [1.807, 2.05) is 4.90 Å². The molecule has 0 amide bonds. The van der Waals surface area contributed by atoms with Crippen molar-refractivity contribution in [1.29, 1.82) is 0 Å². The van der Waals surface area contributed by atoms with Gasteiger partial charge in [0.15, 0.2) is 11.6 Å². The van der Waals surface area contributed by atoms with Gasteiger partial charge in [0.25, 0.3) is 0 Å². The van der Waals surface area contributed by atoms with Crippen molar-refractivity contribution in [2.24, 2.45) is 5.92 Å². The standard InChI is InChI=1S/C24H27FN4O/c1-28-8-6-20-19-3-2-17(13-22(19)27-23(20)15-28)18-12-21(25)24(26-14-18)29-9-4-16(5-10-29)7-11-30/h2-3,11-14,16,27H,4-10,15H2,1H3. The third-order valence-electron chi connectivity index (χ3n) is 6.66. The SMILES string of the molecule is CN1CCc2c([nH]c3cc(-c4cnc(N5CCC(CC=O)CC5)c(F)c4)ccc23)C1. The van der Waals surface area contributed by atoms with Gasteiger partial charge in [0.1, 0.15) is 6.29 Å². The molecule has 2 aliphatic rings. The Labute approximate surface area is 175 Å². The van der Waals surface area contributed by atoms with Gasteiger partial charge in [0, 0.05) is 61.0 Å². The molecule has 1 N–H and O–H groups in total. The highest BCUT2D eigenvalue weighted by molar-refractivity contribution is 5.89. The average Bonchev–Trinajstić information content (AvgIpc) is 3.11. The lowest BCUT2D eigenvalue weighted by atomic mass is 9.94. The van der Waals surface area contributed by atoms with Gasteiger partial charge < -0.3 is 19.6 Å². The van der Waals surface area contributed by atoms with E-state index in [2.05, 4.69) is 40.1 Å². The van der Waals surface area contributed by atoms with E-state index in [0.717, 1.165) is 68.4 Å². The van der Waals surface area contributed by atoms with Crippen LogP contribution in [0.25, 0.3) is 22.0 Å². The predicted molar refractivity (Wildman–Crippen MR) is 117 cm³/mol. The summed E-state index contributed by atoms with van der Waals surface area (Å²) in [5.41, 5.74) is 5.56. The van der Waals surface area contributed by atoms with Gasteiger partial charge in [-0.05, 0) is 55.5 Å². The van der Waals surface area contributed by atoms with Crippen LogP contribution in [0.5, 0.6) is 0 Å². The minimum Gasteiger partial charge on any atom is -0.357 e. The van der Waals surface area contributed by atoms with Crippen molar-refractivity contribution < 1.29 is 9.18 Å². The van der Waals surface area contributed by atoms with Gasteiger partial charge >= 0.3 is 0 Å². The highest BCUT2D eigenvalue weighted by atomic mass is 19.1. The van der Waals surface area contributed by atoms with E-state index < -0.39 is 0 Å².